The van der Waals surface area contributed by atoms with E-state index in [1.165, 1.54) is 0 Å². The number of phenols is 2. The summed E-state index contributed by atoms with van der Waals surface area (Å²) in [6, 6.07) is 20.7. The zero-order valence-electron chi connectivity index (χ0n) is 21.0. The van der Waals surface area contributed by atoms with Crippen molar-refractivity contribution in [3.8, 4) is 23.0 Å². The Labute approximate surface area is 212 Å². The van der Waals surface area contributed by atoms with Gasteiger partial charge in [-0.3, -0.25) is 4.90 Å². The molecular formula is C30H33NO5. The molecule has 0 aromatic heterocycles. The molecule has 0 spiro atoms. The van der Waals surface area contributed by atoms with Gasteiger partial charge in [0.1, 0.15) is 35.7 Å². The Morgan fingerprint density at radius 3 is 2.53 bits per heavy atom. The summed E-state index contributed by atoms with van der Waals surface area (Å²) in [5, 5.41) is 20.2. The average Bonchev–Trinajstić information content (AvgIpc) is 3.37. The zero-order chi connectivity index (χ0) is 25.2. The van der Waals surface area contributed by atoms with E-state index in [2.05, 4.69) is 11.8 Å². The van der Waals surface area contributed by atoms with E-state index in [0.717, 1.165) is 53.1 Å². The molecule has 3 unspecified atom stereocenters. The smallest absolute Gasteiger partial charge is 0.150 e. The maximum Gasteiger partial charge on any atom is 0.150 e. The number of phenolic OH excluding ortho intramolecular Hbond substituents is 2. The van der Waals surface area contributed by atoms with E-state index in [1.54, 1.807) is 37.4 Å². The van der Waals surface area contributed by atoms with Gasteiger partial charge in [0.2, 0.25) is 0 Å². The lowest BCUT2D eigenvalue weighted by Crippen LogP contribution is -2.36. The molecule has 3 aromatic rings. The first kappa shape index (κ1) is 24.2. The van der Waals surface area contributed by atoms with Crippen molar-refractivity contribution in [2.45, 2.75) is 38.5 Å². The van der Waals surface area contributed by atoms with E-state index in [4.69, 9.17) is 14.2 Å². The van der Waals surface area contributed by atoms with Crippen LogP contribution in [0, 0.1) is 0 Å². The van der Waals surface area contributed by atoms with Crippen molar-refractivity contribution in [3.63, 3.8) is 0 Å². The molecule has 2 aliphatic heterocycles. The van der Waals surface area contributed by atoms with Gasteiger partial charge in [0.15, 0.2) is 0 Å². The molecule has 3 aromatic carbocycles. The highest BCUT2D eigenvalue weighted by molar-refractivity contribution is 5.95. The van der Waals surface area contributed by atoms with Crippen molar-refractivity contribution in [2.24, 2.45) is 0 Å². The number of likely N-dealkylation sites (tertiary alicyclic amines) is 1. The van der Waals surface area contributed by atoms with E-state index in [1.807, 2.05) is 43.3 Å². The lowest BCUT2D eigenvalue weighted by molar-refractivity contribution is 0.0950. The van der Waals surface area contributed by atoms with E-state index in [0.29, 0.717) is 24.5 Å². The summed E-state index contributed by atoms with van der Waals surface area (Å²) in [5.74, 6) is 1.91. The number of fused-ring (bicyclic) bond motifs is 1. The second-order valence-electron chi connectivity index (χ2n) is 9.64. The number of rotatable bonds is 7. The number of allylic oxidation sites excluding steroid dienone is 1. The van der Waals surface area contributed by atoms with Gasteiger partial charge in [0.25, 0.3) is 0 Å². The Bertz CT molecular complexity index is 1250. The number of aromatic hydroxyl groups is 2. The number of methoxy groups -OCH3 is 1. The van der Waals surface area contributed by atoms with Gasteiger partial charge < -0.3 is 24.4 Å². The predicted octanol–water partition coefficient (Wildman–Crippen LogP) is 5.65. The van der Waals surface area contributed by atoms with Gasteiger partial charge in [-0.25, -0.2) is 0 Å². The molecule has 0 aliphatic carbocycles. The van der Waals surface area contributed by atoms with Gasteiger partial charge in [0, 0.05) is 37.4 Å². The molecule has 0 bridgehead atoms. The van der Waals surface area contributed by atoms with Crippen LogP contribution < -0.4 is 9.47 Å². The molecule has 1 saturated heterocycles. The van der Waals surface area contributed by atoms with Gasteiger partial charge in [-0.1, -0.05) is 24.3 Å². The van der Waals surface area contributed by atoms with Crippen LogP contribution in [0.25, 0.3) is 11.1 Å². The molecule has 36 heavy (non-hydrogen) atoms. The molecule has 0 radical (unpaired) electrons. The summed E-state index contributed by atoms with van der Waals surface area (Å²) in [5.41, 5.74) is 4.65. The van der Waals surface area contributed by atoms with Gasteiger partial charge in [-0.15, -0.1) is 0 Å². The first-order chi connectivity index (χ1) is 17.4. The number of hydrogen-bond acceptors (Lipinski definition) is 6. The van der Waals surface area contributed by atoms with Crippen LogP contribution in [0.15, 0.2) is 66.7 Å². The molecule has 2 aliphatic rings. The van der Waals surface area contributed by atoms with Crippen LogP contribution in [0.4, 0.5) is 0 Å². The van der Waals surface area contributed by atoms with Crippen LogP contribution in [-0.4, -0.2) is 54.1 Å². The van der Waals surface area contributed by atoms with Crippen LogP contribution in [0.2, 0.25) is 0 Å². The van der Waals surface area contributed by atoms with Gasteiger partial charge in [-0.05, 0) is 79.4 Å². The standard InChI is InChI=1S/C30H33NO5/c1-19(31-14-13-26(17-31)34-3)18-35-25-10-7-21(8-11-25)30-29(22-5-4-6-23(32)15-22)20(2)27-16-24(33)9-12-28(27)36-30/h4-12,15-16,19,26,30,32-33H,13-14,17-18H2,1-3H3. The Morgan fingerprint density at radius 1 is 1.03 bits per heavy atom. The third kappa shape index (κ3) is 4.92. The third-order valence-electron chi connectivity index (χ3n) is 7.24. The van der Waals surface area contributed by atoms with Crippen molar-refractivity contribution in [1.29, 1.82) is 0 Å². The number of benzene rings is 3. The van der Waals surface area contributed by atoms with Crippen LogP contribution >= 0.6 is 0 Å². The summed E-state index contributed by atoms with van der Waals surface area (Å²) < 4.78 is 18.1. The fourth-order valence-corrected chi connectivity index (χ4v) is 5.13. The number of ether oxygens (including phenoxy) is 3. The minimum atomic E-state index is -0.368. The molecule has 188 valence electrons. The predicted molar refractivity (Wildman–Crippen MR) is 140 cm³/mol. The highest BCUT2D eigenvalue weighted by Gasteiger charge is 2.30. The van der Waals surface area contributed by atoms with Crippen molar-refractivity contribution in [3.05, 3.63) is 83.4 Å². The maximum absolute atomic E-state index is 10.1. The molecule has 0 amide bonds. The minimum Gasteiger partial charge on any atom is -0.508 e. The summed E-state index contributed by atoms with van der Waals surface area (Å²) in [7, 11) is 1.78. The molecule has 2 heterocycles. The Hall–Kier alpha value is -3.48. The Morgan fingerprint density at radius 2 is 1.81 bits per heavy atom. The summed E-state index contributed by atoms with van der Waals surface area (Å²) in [4.78, 5) is 2.41. The van der Waals surface area contributed by atoms with Crippen LogP contribution in [0.1, 0.15) is 43.1 Å². The largest absolute Gasteiger partial charge is 0.508 e. The highest BCUT2D eigenvalue weighted by atomic mass is 16.5. The number of hydrogen-bond donors (Lipinski definition) is 2. The van der Waals surface area contributed by atoms with E-state index in [9.17, 15) is 10.2 Å². The van der Waals surface area contributed by atoms with Crippen molar-refractivity contribution < 1.29 is 24.4 Å². The van der Waals surface area contributed by atoms with Gasteiger partial charge in [0.05, 0.1) is 6.10 Å². The van der Waals surface area contributed by atoms with E-state index < -0.39 is 0 Å². The zero-order valence-corrected chi connectivity index (χ0v) is 21.0. The maximum atomic E-state index is 10.1. The Balaban J connectivity index is 1.38. The minimum absolute atomic E-state index is 0.188. The normalized spacial score (nSPS) is 20.6. The molecule has 5 rings (SSSR count). The number of nitrogens with zero attached hydrogens (tertiary/aromatic N) is 1. The fraction of sp³-hybridized carbons (Fsp3) is 0.333. The second kappa shape index (κ2) is 10.2. The van der Waals surface area contributed by atoms with Gasteiger partial charge in [-0.2, -0.15) is 0 Å². The second-order valence-corrected chi connectivity index (χ2v) is 9.64. The molecular weight excluding hydrogens is 454 g/mol. The first-order valence-electron chi connectivity index (χ1n) is 12.4. The quantitative estimate of drug-likeness (QED) is 0.449. The molecule has 1 fully saturated rings. The lowest BCUT2D eigenvalue weighted by Gasteiger charge is -2.31. The summed E-state index contributed by atoms with van der Waals surface area (Å²) in [6.45, 7) is 6.80. The van der Waals surface area contributed by atoms with Crippen molar-refractivity contribution in [1.82, 2.24) is 4.90 Å². The molecule has 3 atom stereocenters. The molecule has 6 nitrogen and oxygen atoms in total. The molecule has 6 heteroatoms. The van der Waals surface area contributed by atoms with E-state index >= 15 is 0 Å². The SMILES string of the molecule is COC1CCN(C(C)COc2ccc(C3Oc4ccc(O)cc4C(C)=C3c3cccc(O)c3)cc2)C1. The topological polar surface area (TPSA) is 71.4 Å². The fourth-order valence-electron chi connectivity index (χ4n) is 5.13. The van der Waals surface area contributed by atoms with Crippen LogP contribution in [-0.2, 0) is 4.74 Å². The monoisotopic (exact) mass is 487 g/mol. The molecule has 2 N–H and O–H groups in total. The van der Waals surface area contributed by atoms with E-state index in [-0.39, 0.29) is 17.6 Å². The van der Waals surface area contributed by atoms with Crippen LogP contribution in [0.5, 0.6) is 23.0 Å². The highest BCUT2D eigenvalue weighted by Crippen LogP contribution is 2.47. The molecule has 0 saturated carbocycles. The summed E-state index contributed by atoms with van der Waals surface area (Å²) >= 11 is 0. The van der Waals surface area contributed by atoms with Crippen molar-refractivity contribution in [2.75, 3.05) is 26.8 Å². The van der Waals surface area contributed by atoms with Gasteiger partial charge >= 0.3 is 0 Å². The summed E-state index contributed by atoms with van der Waals surface area (Å²) in [6.07, 6.45) is 1.01. The van der Waals surface area contributed by atoms with Crippen molar-refractivity contribution >= 4 is 11.1 Å². The first-order valence-corrected chi connectivity index (χ1v) is 12.4. The average molecular weight is 488 g/mol. The third-order valence-corrected chi connectivity index (χ3v) is 7.24. The lowest BCUT2D eigenvalue weighted by atomic mass is 9.86. The Kier molecular flexibility index (Phi) is 6.90. The van der Waals surface area contributed by atoms with Crippen LogP contribution in [0.3, 0.4) is 0 Å².